The fraction of sp³-hybridized carbons (Fsp3) is 0. The van der Waals surface area contributed by atoms with Gasteiger partial charge in [-0.15, -0.1) is 0 Å². The summed E-state index contributed by atoms with van der Waals surface area (Å²) in [5.74, 6) is 1.76. The van der Waals surface area contributed by atoms with E-state index in [4.69, 9.17) is 19.4 Å². The van der Waals surface area contributed by atoms with Crippen LogP contribution in [0.4, 0.5) is 0 Å². The predicted octanol–water partition coefficient (Wildman–Crippen LogP) is 11.2. The molecule has 0 radical (unpaired) electrons. The molecule has 0 bridgehead atoms. The van der Waals surface area contributed by atoms with Crippen LogP contribution in [0.25, 0.3) is 83.6 Å². The monoisotopic (exact) mass is 822 g/mol. The maximum absolute atomic E-state index is 6.53. The molecule has 12 rings (SSSR count). The third-order valence-corrected chi connectivity index (χ3v) is 17.2. The van der Waals surface area contributed by atoms with Crippen LogP contribution in [0.2, 0.25) is 0 Å². The molecule has 0 fully saturated rings. The number of rotatable bonds is 8. The molecule has 63 heavy (non-hydrogen) atoms. The van der Waals surface area contributed by atoms with Crippen molar-refractivity contribution in [3.63, 3.8) is 0 Å². The highest BCUT2D eigenvalue weighted by Gasteiger charge is 2.41. The zero-order chi connectivity index (χ0) is 41.7. The minimum absolute atomic E-state index is 0.548. The fourth-order valence-corrected chi connectivity index (χ4v) is 14.4. The predicted molar refractivity (Wildman–Crippen MR) is 261 cm³/mol. The average molecular weight is 823 g/mol. The van der Waals surface area contributed by atoms with Gasteiger partial charge in [0.1, 0.15) is 11.2 Å². The summed E-state index contributed by atoms with van der Waals surface area (Å²) in [7, 11) is -2.83. The molecular formula is C57H38N4OSi. The molecule has 0 N–H and O–H groups in total. The summed E-state index contributed by atoms with van der Waals surface area (Å²) in [6.07, 6.45) is 0. The molecule has 0 amide bonds. The highest BCUT2D eigenvalue weighted by molar-refractivity contribution is 7.19. The maximum Gasteiger partial charge on any atom is 0.238 e. The SMILES string of the molecule is c1ccc(-c2nc(-c3cccc([Si](c4ccccc4)(c4ccccc4)c4ccccc4)c3)nc(-n3c4ccccc4c4ccc(-c5cccc6c5oc5ccccc56)cc43)n2)cc1. The molecule has 12 aromatic rings. The molecule has 6 heteroatoms. The van der Waals surface area contributed by atoms with Crippen molar-refractivity contribution in [2.24, 2.45) is 0 Å². The molecular weight excluding hydrogens is 785 g/mol. The summed E-state index contributed by atoms with van der Waals surface area (Å²) in [6, 6.07) is 81.9. The number of benzene rings is 9. The number of para-hydroxylation sites is 3. The molecule has 0 saturated heterocycles. The summed E-state index contributed by atoms with van der Waals surface area (Å²) in [4.78, 5) is 16.0. The molecule has 296 valence electrons. The van der Waals surface area contributed by atoms with Crippen LogP contribution in [0.15, 0.2) is 235 Å². The van der Waals surface area contributed by atoms with Crippen LogP contribution < -0.4 is 20.7 Å². The normalized spacial score (nSPS) is 11.8. The number of hydrogen-bond donors (Lipinski definition) is 0. The third-order valence-electron chi connectivity index (χ3n) is 12.4. The van der Waals surface area contributed by atoms with E-state index in [1.54, 1.807) is 0 Å². The van der Waals surface area contributed by atoms with E-state index in [1.165, 1.54) is 20.7 Å². The first-order chi connectivity index (χ1) is 31.2. The summed E-state index contributed by atoms with van der Waals surface area (Å²) in [5.41, 5.74) is 7.67. The molecule has 9 aromatic carbocycles. The van der Waals surface area contributed by atoms with E-state index in [-0.39, 0.29) is 0 Å². The molecule has 3 heterocycles. The van der Waals surface area contributed by atoms with Crippen molar-refractivity contribution < 1.29 is 4.42 Å². The van der Waals surface area contributed by atoms with Crippen molar-refractivity contribution in [1.29, 1.82) is 0 Å². The minimum Gasteiger partial charge on any atom is -0.455 e. The molecule has 0 atom stereocenters. The smallest absolute Gasteiger partial charge is 0.238 e. The molecule has 5 nitrogen and oxygen atoms in total. The number of furan rings is 1. The van der Waals surface area contributed by atoms with E-state index in [0.717, 1.165) is 66.0 Å². The van der Waals surface area contributed by atoms with Gasteiger partial charge in [0.05, 0.1) is 11.0 Å². The second kappa shape index (κ2) is 15.1. The van der Waals surface area contributed by atoms with Gasteiger partial charge < -0.3 is 4.42 Å². The summed E-state index contributed by atoms with van der Waals surface area (Å²) < 4.78 is 8.73. The van der Waals surface area contributed by atoms with Crippen LogP contribution in [0, 0.1) is 0 Å². The average Bonchev–Trinajstić information content (AvgIpc) is 3.91. The van der Waals surface area contributed by atoms with E-state index >= 15 is 0 Å². The number of nitrogens with zero attached hydrogens (tertiary/aromatic N) is 4. The fourth-order valence-electron chi connectivity index (χ4n) is 9.59. The van der Waals surface area contributed by atoms with Crippen molar-refractivity contribution in [3.8, 4) is 39.9 Å². The minimum atomic E-state index is -2.83. The second-order valence-corrected chi connectivity index (χ2v) is 19.8. The van der Waals surface area contributed by atoms with Gasteiger partial charge in [-0.05, 0) is 44.5 Å². The van der Waals surface area contributed by atoms with Crippen LogP contribution in [-0.4, -0.2) is 27.6 Å². The van der Waals surface area contributed by atoms with Gasteiger partial charge in [-0.3, -0.25) is 4.57 Å². The summed E-state index contributed by atoms with van der Waals surface area (Å²) >= 11 is 0. The highest BCUT2D eigenvalue weighted by atomic mass is 28.3. The Labute approximate surface area is 365 Å². The van der Waals surface area contributed by atoms with Gasteiger partial charge in [0.2, 0.25) is 5.95 Å². The van der Waals surface area contributed by atoms with Gasteiger partial charge in [0.25, 0.3) is 0 Å². The maximum atomic E-state index is 6.53. The molecule has 0 aliphatic rings. The molecule has 0 aliphatic carbocycles. The first kappa shape index (κ1) is 36.6. The first-order valence-electron chi connectivity index (χ1n) is 21.3. The Hall–Kier alpha value is -8.19. The third kappa shape index (κ3) is 6.03. The van der Waals surface area contributed by atoms with Crippen molar-refractivity contribution in [3.05, 3.63) is 231 Å². The topological polar surface area (TPSA) is 56.7 Å². The van der Waals surface area contributed by atoms with E-state index in [2.05, 4.69) is 205 Å². The molecule has 0 spiro atoms. The van der Waals surface area contributed by atoms with Crippen LogP contribution in [-0.2, 0) is 0 Å². The lowest BCUT2D eigenvalue weighted by Gasteiger charge is -2.34. The Bertz CT molecular complexity index is 3530. The van der Waals surface area contributed by atoms with Gasteiger partial charge in [0.15, 0.2) is 19.7 Å². The first-order valence-corrected chi connectivity index (χ1v) is 23.3. The van der Waals surface area contributed by atoms with E-state index in [0.29, 0.717) is 17.6 Å². The van der Waals surface area contributed by atoms with Crippen molar-refractivity contribution in [1.82, 2.24) is 19.5 Å². The lowest BCUT2D eigenvalue weighted by atomic mass is 10.0. The molecule has 0 saturated carbocycles. The second-order valence-electron chi connectivity index (χ2n) is 15.9. The van der Waals surface area contributed by atoms with E-state index in [9.17, 15) is 0 Å². The van der Waals surface area contributed by atoms with Crippen LogP contribution in [0.3, 0.4) is 0 Å². The largest absolute Gasteiger partial charge is 0.455 e. The summed E-state index contributed by atoms with van der Waals surface area (Å²) in [6.45, 7) is 0. The summed E-state index contributed by atoms with van der Waals surface area (Å²) in [5, 5.41) is 9.60. The number of fused-ring (bicyclic) bond motifs is 6. The van der Waals surface area contributed by atoms with Gasteiger partial charge in [-0.25, -0.2) is 4.98 Å². The molecule has 3 aromatic heterocycles. The Balaban J connectivity index is 1.10. The highest BCUT2D eigenvalue weighted by Crippen LogP contribution is 2.39. The number of aromatic nitrogens is 4. The number of hydrogen-bond acceptors (Lipinski definition) is 4. The van der Waals surface area contributed by atoms with Gasteiger partial charge in [-0.2, -0.15) is 9.97 Å². The van der Waals surface area contributed by atoms with Crippen LogP contribution in [0.5, 0.6) is 0 Å². The van der Waals surface area contributed by atoms with Gasteiger partial charge in [-0.1, -0.05) is 212 Å². The van der Waals surface area contributed by atoms with Gasteiger partial charge >= 0.3 is 0 Å². The van der Waals surface area contributed by atoms with Crippen LogP contribution >= 0.6 is 0 Å². The Morgan fingerprint density at radius 2 is 0.873 bits per heavy atom. The molecule has 0 aliphatic heterocycles. The van der Waals surface area contributed by atoms with Crippen molar-refractivity contribution in [2.75, 3.05) is 0 Å². The lowest BCUT2D eigenvalue weighted by molar-refractivity contribution is 0.670. The van der Waals surface area contributed by atoms with Crippen LogP contribution in [0.1, 0.15) is 0 Å². The standard InChI is InChI=1S/C57H38N4OSi/c1-5-19-39(20-6-1)55-58-56(41-21-17-28-45(37-41)63(42-22-7-2-8-23-42,43-24-9-3-10-25-43)44-26-11-4-12-27-44)60-57(59-55)61-51-33-15-13-29-47(51)48-36-35-40(38-52(48)61)46-31-18-32-50-49-30-14-16-34-53(49)62-54(46)50/h1-38H. The van der Waals surface area contributed by atoms with E-state index in [1.807, 2.05) is 30.3 Å². The van der Waals surface area contributed by atoms with Crippen molar-refractivity contribution in [2.45, 2.75) is 0 Å². The Kier molecular flexibility index (Phi) is 8.76. The Morgan fingerprint density at radius 1 is 0.349 bits per heavy atom. The lowest BCUT2D eigenvalue weighted by Crippen LogP contribution is -2.74. The van der Waals surface area contributed by atoms with Crippen molar-refractivity contribution >= 4 is 72.6 Å². The molecule has 0 unspecified atom stereocenters. The zero-order valence-corrected chi connectivity index (χ0v) is 35.1. The van der Waals surface area contributed by atoms with E-state index < -0.39 is 8.07 Å². The zero-order valence-electron chi connectivity index (χ0n) is 34.1. The quantitative estimate of drug-likeness (QED) is 0.113. The van der Waals surface area contributed by atoms with Gasteiger partial charge in [0, 0.05) is 38.2 Å². The Morgan fingerprint density at radius 3 is 1.57 bits per heavy atom.